The number of carbonyl (C=O) groups is 1. The third kappa shape index (κ3) is 5.21. The number of sulfonamides is 1. The second-order valence-corrected chi connectivity index (χ2v) is 8.49. The molecule has 0 aromatic heterocycles. The summed E-state index contributed by atoms with van der Waals surface area (Å²) in [5, 5.41) is 3.29. The number of nitrogens with one attached hydrogen (secondary N) is 2. The molecule has 1 aliphatic heterocycles. The zero-order valence-electron chi connectivity index (χ0n) is 15.3. The number of nitrogens with zero attached hydrogens (tertiary/aromatic N) is 1. The lowest BCUT2D eigenvalue weighted by Crippen LogP contribution is -2.29. The van der Waals surface area contributed by atoms with E-state index in [4.69, 9.17) is 11.6 Å². The van der Waals surface area contributed by atoms with Crippen molar-refractivity contribution in [3.05, 3.63) is 64.7 Å². The Labute approximate surface area is 169 Å². The summed E-state index contributed by atoms with van der Waals surface area (Å²) in [5.41, 5.74) is 2.13. The van der Waals surface area contributed by atoms with E-state index in [-0.39, 0.29) is 10.8 Å². The SMILES string of the molecule is Cc1ccc(/C=C/C(=O)Nc2cccc(S(=O)(=O)NC3=NCCC3)c2)cc1Cl. The van der Waals surface area contributed by atoms with Crippen molar-refractivity contribution in [3.63, 3.8) is 0 Å². The maximum atomic E-state index is 12.5. The fourth-order valence-corrected chi connectivity index (χ4v) is 3.97. The lowest BCUT2D eigenvalue weighted by atomic mass is 10.1. The molecule has 2 N–H and O–H groups in total. The topological polar surface area (TPSA) is 87.6 Å². The first-order valence-corrected chi connectivity index (χ1v) is 10.6. The molecule has 6 nitrogen and oxygen atoms in total. The lowest BCUT2D eigenvalue weighted by molar-refractivity contribution is -0.111. The van der Waals surface area contributed by atoms with E-state index in [0.717, 1.165) is 17.5 Å². The minimum atomic E-state index is -3.73. The van der Waals surface area contributed by atoms with Crippen LogP contribution in [0.3, 0.4) is 0 Å². The molecular weight excluding hydrogens is 398 g/mol. The average Bonchev–Trinajstić information content (AvgIpc) is 3.15. The number of anilines is 1. The Kier molecular flexibility index (Phi) is 6.16. The smallest absolute Gasteiger partial charge is 0.262 e. The van der Waals surface area contributed by atoms with Gasteiger partial charge in [0.1, 0.15) is 5.84 Å². The van der Waals surface area contributed by atoms with Gasteiger partial charge in [0.05, 0.1) is 4.90 Å². The highest BCUT2D eigenvalue weighted by Gasteiger charge is 2.18. The number of hydrogen-bond donors (Lipinski definition) is 2. The van der Waals surface area contributed by atoms with Crippen LogP contribution < -0.4 is 10.0 Å². The fourth-order valence-electron chi connectivity index (χ4n) is 2.65. The van der Waals surface area contributed by atoms with E-state index < -0.39 is 10.0 Å². The number of halogens is 1. The molecule has 8 heteroatoms. The predicted molar refractivity (Wildman–Crippen MR) is 112 cm³/mol. The van der Waals surface area contributed by atoms with Crippen molar-refractivity contribution in [3.8, 4) is 0 Å². The van der Waals surface area contributed by atoms with Crippen LogP contribution in [0, 0.1) is 6.92 Å². The molecule has 146 valence electrons. The molecule has 1 amide bonds. The quantitative estimate of drug-likeness (QED) is 0.726. The summed E-state index contributed by atoms with van der Waals surface area (Å²) < 4.78 is 27.4. The van der Waals surface area contributed by atoms with Gasteiger partial charge in [-0.2, -0.15) is 0 Å². The summed E-state index contributed by atoms with van der Waals surface area (Å²) in [7, 11) is -3.73. The zero-order valence-corrected chi connectivity index (χ0v) is 16.8. The van der Waals surface area contributed by atoms with Crippen LogP contribution in [0.5, 0.6) is 0 Å². The summed E-state index contributed by atoms with van der Waals surface area (Å²) in [6, 6.07) is 11.6. The highest BCUT2D eigenvalue weighted by Crippen LogP contribution is 2.18. The molecule has 28 heavy (non-hydrogen) atoms. The van der Waals surface area contributed by atoms with E-state index in [1.807, 2.05) is 19.1 Å². The number of rotatable bonds is 5. The Hall–Kier alpha value is -2.64. The molecule has 0 spiro atoms. The maximum absolute atomic E-state index is 12.5. The summed E-state index contributed by atoms with van der Waals surface area (Å²) in [6.45, 7) is 2.53. The van der Waals surface area contributed by atoms with Crippen molar-refractivity contribution >= 4 is 45.1 Å². The Morgan fingerprint density at radius 1 is 1.21 bits per heavy atom. The van der Waals surface area contributed by atoms with E-state index in [2.05, 4.69) is 15.0 Å². The number of benzene rings is 2. The van der Waals surface area contributed by atoms with Gasteiger partial charge >= 0.3 is 0 Å². The van der Waals surface area contributed by atoms with Crippen LogP contribution >= 0.6 is 11.6 Å². The van der Waals surface area contributed by atoms with Crippen LogP contribution in [0.4, 0.5) is 5.69 Å². The van der Waals surface area contributed by atoms with Gasteiger partial charge in [0, 0.05) is 29.8 Å². The Balaban J connectivity index is 1.69. The van der Waals surface area contributed by atoms with Gasteiger partial charge in [-0.1, -0.05) is 29.8 Å². The third-order valence-electron chi connectivity index (χ3n) is 4.16. The van der Waals surface area contributed by atoms with Gasteiger partial charge in [-0.25, -0.2) is 8.42 Å². The average molecular weight is 418 g/mol. The van der Waals surface area contributed by atoms with Crippen LogP contribution in [0.15, 0.2) is 58.4 Å². The molecular formula is C20H20ClN3O3S. The highest BCUT2D eigenvalue weighted by atomic mass is 35.5. The highest BCUT2D eigenvalue weighted by molar-refractivity contribution is 7.90. The summed E-state index contributed by atoms with van der Waals surface area (Å²) in [6.07, 6.45) is 4.46. The number of amides is 1. The first-order valence-electron chi connectivity index (χ1n) is 8.75. The Morgan fingerprint density at radius 3 is 2.75 bits per heavy atom. The molecule has 0 unspecified atom stereocenters. The molecule has 0 saturated carbocycles. The van der Waals surface area contributed by atoms with Gasteiger partial charge in [-0.15, -0.1) is 0 Å². The van der Waals surface area contributed by atoms with Crippen molar-refractivity contribution in [1.82, 2.24) is 4.72 Å². The van der Waals surface area contributed by atoms with Gasteiger partial charge in [0.25, 0.3) is 10.0 Å². The molecule has 0 saturated heterocycles. The molecule has 3 rings (SSSR count). The van der Waals surface area contributed by atoms with Crippen LogP contribution in [-0.2, 0) is 14.8 Å². The lowest BCUT2D eigenvalue weighted by Gasteiger charge is -2.09. The van der Waals surface area contributed by atoms with E-state index in [9.17, 15) is 13.2 Å². The first kappa shape index (κ1) is 20.1. The van der Waals surface area contributed by atoms with Crippen molar-refractivity contribution in [1.29, 1.82) is 0 Å². The standard InChI is InChI=1S/C20H20ClN3O3S/c1-14-7-8-15(12-18(14)21)9-10-20(25)23-16-4-2-5-17(13-16)28(26,27)24-19-6-3-11-22-19/h2,4-5,7-10,12-13H,3,6,11H2,1H3,(H,22,24)(H,23,25)/b10-9+. The van der Waals surface area contributed by atoms with Crippen LogP contribution in [-0.4, -0.2) is 26.7 Å². The van der Waals surface area contributed by atoms with E-state index in [1.165, 1.54) is 18.2 Å². The molecule has 0 atom stereocenters. The fraction of sp³-hybridized carbons (Fsp3) is 0.200. The Bertz CT molecular complexity index is 1060. The zero-order chi connectivity index (χ0) is 20.1. The van der Waals surface area contributed by atoms with Gasteiger partial charge < -0.3 is 5.32 Å². The number of aryl methyl sites for hydroxylation is 1. The molecule has 0 aliphatic carbocycles. The molecule has 1 aliphatic rings. The van der Waals surface area contributed by atoms with Gasteiger partial charge in [0.2, 0.25) is 5.91 Å². The Morgan fingerprint density at radius 2 is 2.04 bits per heavy atom. The molecule has 0 fully saturated rings. The molecule has 0 bridgehead atoms. The minimum Gasteiger partial charge on any atom is -0.322 e. The van der Waals surface area contributed by atoms with Crippen LogP contribution in [0.25, 0.3) is 6.08 Å². The second-order valence-electron chi connectivity index (χ2n) is 6.40. The second kappa shape index (κ2) is 8.58. The predicted octanol–water partition coefficient (Wildman–Crippen LogP) is 3.77. The largest absolute Gasteiger partial charge is 0.322 e. The van der Waals surface area contributed by atoms with Crippen LogP contribution in [0.2, 0.25) is 5.02 Å². The van der Waals surface area contributed by atoms with E-state index >= 15 is 0 Å². The van der Waals surface area contributed by atoms with Crippen molar-refractivity contribution in [2.75, 3.05) is 11.9 Å². The molecule has 1 heterocycles. The van der Waals surface area contributed by atoms with E-state index in [0.29, 0.717) is 29.5 Å². The number of aliphatic imine (C=N–C) groups is 1. The van der Waals surface area contributed by atoms with Crippen molar-refractivity contribution in [2.45, 2.75) is 24.7 Å². The summed E-state index contributed by atoms with van der Waals surface area (Å²) >= 11 is 6.07. The normalized spacial score (nSPS) is 14.1. The third-order valence-corrected chi connectivity index (χ3v) is 5.95. The molecule has 0 radical (unpaired) electrons. The van der Waals surface area contributed by atoms with Gasteiger partial charge in [0.15, 0.2) is 0 Å². The van der Waals surface area contributed by atoms with Gasteiger partial charge in [-0.05, 0) is 54.8 Å². The summed E-state index contributed by atoms with van der Waals surface area (Å²) in [5.74, 6) is 0.0912. The maximum Gasteiger partial charge on any atom is 0.262 e. The minimum absolute atomic E-state index is 0.0641. The van der Waals surface area contributed by atoms with Crippen LogP contribution in [0.1, 0.15) is 24.0 Å². The monoisotopic (exact) mass is 417 g/mol. The van der Waals surface area contributed by atoms with Crippen molar-refractivity contribution < 1.29 is 13.2 Å². The number of hydrogen-bond acceptors (Lipinski definition) is 4. The van der Waals surface area contributed by atoms with Crippen molar-refractivity contribution in [2.24, 2.45) is 4.99 Å². The number of amidine groups is 1. The van der Waals surface area contributed by atoms with E-state index in [1.54, 1.807) is 24.3 Å². The molecule has 2 aromatic carbocycles. The first-order chi connectivity index (χ1) is 13.3. The van der Waals surface area contributed by atoms with Gasteiger partial charge in [-0.3, -0.25) is 14.5 Å². The summed E-state index contributed by atoms with van der Waals surface area (Å²) in [4.78, 5) is 16.3. The number of carbonyl (C=O) groups excluding carboxylic acids is 1. The molecule has 2 aromatic rings.